The quantitative estimate of drug-likeness (QED) is 0.899. The number of hydrogen-bond acceptors (Lipinski definition) is 3. The fourth-order valence-corrected chi connectivity index (χ4v) is 5.00. The molecule has 3 nitrogen and oxygen atoms in total. The SMILES string of the molecule is CNC(Cc1cc(Cl)ccc1Cl)CC1CCS(=O)(=O)C1. The van der Waals surface area contributed by atoms with Crippen LogP contribution in [-0.4, -0.2) is 33.0 Å². The Morgan fingerprint density at radius 2 is 2.15 bits per heavy atom. The molecule has 0 radical (unpaired) electrons. The molecule has 0 spiro atoms. The van der Waals surface area contributed by atoms with Crippen LogP contribution in [0, 0.1) is 5.92 Å². The van der Waals surface area contributed by atoms with Gasteiger partial charge in [-0.1, -0.05) is 23.2 Å². The molecule has 0 bridgehead atoms. The van der Waals surface area contributed by atoms with Crippen LogP contribution in [0.3, 0.4) is 0 Å². The molecule has 1 saturated heterocycles. The minimum Gasteiger partial charge on any atom is -0.317 e. The van der Waals surface area contributed by atoms with E-state index in [9.17, 15) is 8.42 Å². The Bertz CT molecular complexity index is 575. The summed E-state index contributed by atoms with van der Waals surface area (Å²) in [7, 11) is -0.917. The molecule has 2 rings (SSSR count). The van der Waals surface area contributed by atoms with Crippen LogP contribution in [0.5, 0.6) is 0 Å². The Balaban J connectivity index is 2.01. The lowest BCUT2D eigenvalue weighted by Crippen LogP contribution is -2.30. The van der Waals surface area contributed by atoms with Crippen molar-refractivity contribution in [2.75, 3.05) is 18.6 Å². The zero-order chi connectivity index (χ0) is 14.8. The number of benzene rings is 1. The van der Waals surface area contributed by atoms with Gasteiger partial charge in [-0.05, 0) is 56.0 Å². The molecule has 1 aromatic carbocycles. The van der Waals surface area contributed by atoms with E-state index in [-0.39, 0.29) is 12.0 Å². The Morgan fingerprint density at radius 3 is 2.75 bits per heavy atom. The van der Waals surface area contributed by atoms with E-state index >= 15 is 0 Å². The summed E-state index contributed by atoms with van der Waals surface area (Å²) >= 11 is 12.2. The van der Waals surface area contributed by atoms with Gasteiger partial charge in [-0.25, -0.2) is 8.42 Å². The molecular weight excluding hydrogens is 317 g/mol. The van der Waals surface area contributed by atoms with Crippen molar-refractivity contribution in [1.29, 1.82) is 0 Å². The van der Waals surface area contributed by atoms with Gasteiger partial charge in [-0.3, -0.25) is 0 Å². The molecule has 0 amide bonds. The zero-order valence-electron chi connectivity index (χ0n) is 11.4. The van der Waals surface area contributed by atoms with E-state index in [1.165, 1.54) is 0 Å². The van der Waals surface area contributed by atoms with Crippen LogP contribution < -0.4 is 5.32 Å². The van der Waals surface area contributed by atoms with Crippen LogP contribution in [0.2, 0.25) is 10.0 Å². The van der Waals surface area contributed by atoms with Crippen molar-refractivity contribution in [2.45, 2.75) is 25.3 Å². The van der Waals surface area contributed by atoms with Crippen LogP contribution in [0.15, 0.2) is 18.2 Å². The van der Waals surface area contributed by atoms with Crippen molar-refractivity contribution in [3.63, 3.8) is 0 Å². The smallest absolute Gasteiger partial charge is 0.150 e. The molecular formula is C14H19Cl2NO2S. The van der Waals surface area contributed by atoms with Crippen LogP contribution >= 0.6 is 23.2 Å². The third kappa shape index (κ3) is 4.35. The topological polar surface area (TPSA) is 46.2 Å². The largest absolute Gasteiger partial charge is 0.317 e. The summed E-state index contributed by atoms with van der Waals surface area (Å²) in [6.45, 7) is 0. The molecule has 6 heteroatoms. The average Bonchev–Trinajstić information content (AvgIpc) is 2.72. The standard InChI is InChI=1S/C14H19Cl2NO2S/c1-17-13(6-10-4-5-20(18,19)9-10)8-11-7-12(15)2-3-14(11)16/h2-3,7,10,13,17H,4-6,8-9H2,1H3. The summed E-state index contributed by atoms with van der Waals surface area (Å²) in [5.74, 6) is 0.885. The van der Waals surface area contributed by atoms with Crippen molar-refractivity contribution < 1.29 is 8.42 Å². The van der Waals surface area contributed by atoms with Gasteiger partial charge in [-0.2, -0.15) is 0 Å². The normalized spacial score (nSPS) is 22.9. The summed E-state index contributed by atoms with van der Waals surface area (Å²) < 4.78 is 23.0. The Morgan fingerprint density at radius 1 is 1.40 bits per heavy atom. The lowest BCUT2D eigenvalue weighted by Gasteiger charge is -2.20. The number of sulfone groups is 1. The molecule has 0 aliphatic carbocycles. The second-order valence-corrected chi connectivity index (χ2v) is 8.50. The maximum atomic E-state index is 11.5. The molecule has 20 heavy (non-hydrogen) atoms. The molecule has 112 valence electrons. The van der Waals surface area contributed by atoms with Gasteiger partial charge in [0, 0.05) is 16.1 Å². The highest BCUT2D eigenvalue weighted by molar-refractivity contribution is 7.91. The minimum absolute atomic E-state index is 0.212. The molecule has 2 atom stereocenters. The third-order valence-corrected chi connectivity index (χ3v) is 6.27. The summed E-state index contributed by atoms with van der Waals surface area (Å²) in [5.41, 5.74) is 0.999. The maximum absolute atomic E-state index is 11.5. The second kappa shape index (κ2) is 6.65. The monoisotopic (exact) mass is 335 g/mol. The van der Waals surface area contributed by atoms with Gasteiger partial charge in [0.2, 0.25) is 0 Å². The fourth-order valence-electron chi connectivity index (χ4n) is 2.73. The van der Waals surface area contributed by atoms with Crippen molar-refractivity contribution in [2.24, 2.45) is 5.92 Å². The van der Waals surface area contributed by atoms with Crippen LogP contribution in [-0.2, 0) is 16.3 Å². The van der Waals surface area contributed by atoms with Gasteiger partial charge in [0.1, 0.15) is 0 Å². The first-order chi connectivity index (χ1) is 9.39. The van der Waals surface area contributed by atoms with E-state index < -0.39 is 9.84 Å². The van der Waals surface area contributed by atoms with Crippen molar-refractivity contribution in [1.82, 2.24) is 5.32 Å². The van der Waals surface area contributed by atoms with Gasteiger partial charge < -0.3 is 5.32 Å². The minimum atomic E-state index is -2.81. The van der Waals surface area contributed by atoms with Gasteiger partial charge >= 0.3 is 0 Å². The molecule has 1 aliphatic rings. The molecule has 1 aliphatic heterocycles. The van der Waals surface area contributed by atoms with E-state index in [2.05, 4.69) is 5.32 Å². The second-order valence-electron chi connectivity index (χ2n) is 5.43. The number of halogens is 2. The number of likely N-dealkylation sites (N-methyl/N-ethyl adjacent to an activating group) is 1. The Hall–Kier alpha value is -0.290. The highest BCUT2D eigenvalue weighted by Crippen LogP contribution is 2.26. The third-order valence-electron chi connectivity index (χ3n) is 3.83. The fraction of sp³-hybridized carbons (Fsp3) is 0.571. The van der Waals surface area contributed by atoms with E-state index in [1.54, 1.807) is 12.1 Å². The van der Waals surface area contributed by atoms with E-state index in [4.69, 9.17) is 23.2 Å². The molecule has 1 aromatic rings. The molecule has 0 aromatic heterocycles. The predicted molar refractivity (Wildman–Crippen MR) is 84.4 cm³/mol. The summed E-state index contributed by atoms with van der Waals surface area (Å²) in [6, 6.07) is 5.65. The first-order valence-electron chi connectivity index (χ1n) is 6.71. The van der Waals surface area contributed by atoms with Gasteiger partial charge in [0.05, 0.1) is 11.5 Å². The summed E-state index contributed by atoms with van der Waals surface area (Å²) in [4.78, 5) is 0. The lowest BCUT2D eigenvalue weighted by atomic mass is 9.95. The van der Waals surface area contributed by atoms with Crippen molar-refractivity contribution >= 4 is 33.0 Å². The van der Waals surface area contributed by atoms with Crippen LogP contribution in [0.1, 0.15) is 18.4 Å². The van der Waals surface area contributed by atoms with E-state index in [1.807, 2.05) is 13.1 Å². The first-order valence-corrected chi connectivity index (χ1v) is 9.29. The number of hydrogen-bond donors (Lipinski definition) is 1. The molecule has 1 fully saturated rings. The maximum Gasteiger partial charge on any atom is 0.150 e. The average molecular weight is 336 g/mol. The predicted octanol–water partition coefficient (Wildman–Crippen LogP) is 2.95. The van der Waals surface area contributed by atoms with Crippen molar-refractivity contribution in [3.05, 3.63) is 33.8 Å². The van der Waals surface area contributed by atoms with Gasteiger partial charge in [-0.15, -0.1) is 0 Å². The van der Waals surface area contributed by atoms with E-state index in [0.717, 1.165) is 24.8 Å². The highest BCUT2D eigenvalue weighted by Gasteiger charge is 2.29. The summed E-state index contributed by atoms with van der Waals surface area (Å²) in [6.07, 6.45) is 2.37. The van der Waals surface area contributed by atoms with E-state index in [0.29, 0.717) is 21.6 Å². The van der Waals surface area contributed by atoms with Crippen molar-refractivity contribution in [3.8, 4) is 0 Å². The molecule has 1 heterocycles. The van der Waals surface area contributed by atoms with Crippen LogP contribution in [0.4, 0.5) is 0 Å². The highest BCUT2D eigenvalue weighted by atomic mass is 35.5. The first kappa shape index (κ1) is 16.1. The van der Waals surface area contributed by atoms with Crippen LogP contribution in [0.25, 0.3) is 0 Å². The summed E-state index contributed by atoms with van der Waals surface area (Å²) in [5, 5.41) is 4.63. The molecule has 0 saturated carbocycles. The molecule has 2 unspecified atom stereocenters. The molecule has 1 N–H and O–H groups in total. The Kier molecular flexibility index (Phi) is 5.35. The zero-order valence-corrected chi connectivity index (χ0v) is 13.7. The number of nitrogens with one attached hydrogen (secondary N) is 1. The lowest BCUT2D eigenvalue weighted by molar-refractivity contribution is 0.424. The van der Waals surface area contributed by atoms with Gasteiger partial charge in [0.15, 0.2) is 9.84 Å². The van der Waals surface area contributed by atoms with Gasteiger partial charge in [0.25, 0.3) is 0 Å². The number of rotatable bonds is 5. The Labute approximate surface area is 130 Å².